The molecule has 0 aromatic heterocycles. The molecular weight excluding hydrogens is 216 g/mol. The van der Waals surface area contributed by atoms with E-state index in [2.05, 4.69) is 30.8 Å². The van der Waals surface area contributed by atoms with Crippen molar-refractivity contribution in [2.75, 3.05) is 18.2 Å². The Labute approximate surface area is 102 Å². The van der Waals surface area contributed by atoms with Crippen LogP contribution in [0.5, 0.6) is 0 Å². The molecule has 0 amide bonds. The highest BCUT2D eigenvalue weighted by Gasteiger charge is 2.16. The van der Waals surface area contributed by atoms with Crippen molar-refractivity contribution in [1.29, 1.82) is 0 Å². The van der Waals surface area contributed by atoms with Gasteiger partial charge in [0.2, 0.25) is 0 Å². The van der Waals surface area contributed by atoms with Gasteiger partial charge < -0.3 is 15.8 Å². The molecule has 0 saturated heterocycles. The van der Waals surface area contributed by atoms with Crippen LogP contribution in [0.25, 0.3) is 0 Å². The first-order valence-corrected chi connectivity index (χ1v) is 5.65. The number of rotatable bonds is 4. The van der Waals surface area contributed by atoms with E-state index in [9.17, 15) is 4.79 Å². The minimum absolute atomic E-state index is 0.0269. The Morgan fingerprint density at radius 3 is 2.59 bits per heavy atom. The molecule has 0 bridgehead atoms. The topological polar surface area (TPSA) is 64.3 Å². The number of ether oxygens (including phenoxy) is 1. The Morgan fingerprint density at radius 2 is 2.12 bits per heavy atom. The average Bonchev–Trinajstić information content (AvgIpc) is 2.30. The number of hydrogen-bond acceptors (Lipinski definition) is 4. The summed E-state index contributed by atoms with van der Waals surface area (Å²) in [6.07, 6.45) is 0.977. The van der Waals surface area contributed by atoms with E-state index in [1.807, 2.05) is 0 Å². The third kappa shape index (κ3) is 3.37. The van der Waals surface area contributed by atoms with Crippen molar-refractivity contribution in [2.45, 2.75) is 32.7 Å². The third-order valence-electron chi connectivity index (χ3n) is 2.83. The molecule has 4 nitrogen and oxygen atoms in total. The minimum atomic E-state index is -0.377. The number of carbonyl (C=O) groups excluding carboxylic acids is 1. The standard InChI is InChI=1S/C13H20N2O2/c1-5-13(2,3)15-11-7-6-9(8-10(11)14)12(16)17-4/h6-8,15H,5,14H2,1-4H3. The number of benzene rings is 1. The van der Waals surface area contributed by atoms with Crippen LogP contribution in [-0.4, -0.2) is 18.6 Å². The lowest BCUT2D eigenvalue weighted by Crippen LogP contribution is -2.30. The van der Waals surface area contributed by atoms with E-state index in [1.165, 1.54) is 7.11 Å². The molecule has 0 spiro atoms. The molecule has 0 saturated carbocycles. The number of carbonyl (C=O) groups is 1. The average molecular weight is 236 g/mol. The van der Waals surface area contributed by atoms with E-state index >= 15 is 0 Å². The highest BCUT2D eigenvalue weighted by Crippen LogP contribution is 2.25. The Hall–Kier alpha value is -1.71. The van der Waals surface area contributed by atoms with E-state index in [1.54, 1.807) is 18.2 Å². The first-order chi connectivity index (χ1) is 7.89. The van der Waals surface area contributed by atoms with Crippen molar-refractivity contribution in [1.82, 2.24) is 0 Å². The first kappa shape index (κ1) is 13.4. The quantitative estimate of drug-likeness (QED) is 0.623. The largest absolute Gasteiger partial charge is 0.465 e. The Balaban J connectivity index is 2.94. The van der Waals surface area contributed by atoms with Gasteiger partial charge in [-0.05, 0) is 38.5 Å². The smallest absolute Gasteiger partial charge is 0.337 e. The summed E-state index contributed by atoms with van der Waals surface area (Å²) in [5.74, 6) is -0.377. The van der Waals surface area contributed by atoms with Crippen molar-refractivity contribution >= 4 is 17.3 Å². The van der Waals surface area contributed by atoms with Gasteiger partial charge in [0, 0.05) is 5.54 Å². The van der Waals surface area contributed by atoms with E-state index in [0.717, 1.165) is 12.1 Å². The summed E-state index contributed by atoms with van der Waals surface area (Å²) < 4.78 is 4.64. The maximum Gasteiger partial charge on any atom is 0.337 e. The zero-order valence-corrected chi connectivity index (χ0v) is 10.8. The number of nitrogen functional groups attached to an aromatic ring is 1. The van der Waals surface area contributed by atoms with Crippen LogP contribution in [0.15, 0.2) is 18.2 Å². The van der Waals surface area contributed by atoms with Gasteiger partial charge in [-0.2, -0.15) is 0 Å². The van der Waals surface area contributed by atoms with Crippen LogP contribution >= 0.6 is 0 Å². The van der Waals surface area contributed by atoms with Gasteiger partial charge in [-0.25, -0.2) is 4.79 Å². The van der Waals surface area contributed by atoms with E-state index in [-0.39, 0.29) is 11.5 Å². The van der Waals surface area contributed by atoms with Gasteiger partial charge in [-0.1, -0.05) is 6.92 Å². The molecule has 0 aliphatic carbocycles. The van der Waals surface area contributed by atoms with Gasteiger partial charge in [0.25, 0.3) is 0 Å². The fourth-order valence-electron chi connectivity index (χ4n) is 1.37. The molecule has 1 rings (SSSR count). The lowest BCUT2D eigenvalue weighted by atomic mass is 10.0. The van der Waals surface area contributed by atoms with Crippen LogP contribution < -0.4 is 11.1 Å². The normalized spacial score (nSPS) is 11.1. The zero-order chi connectivity index (χ0) is 13.1. The van der Waals surface area contributed by atoms with Crippen molar-refractivity contribution in [3.63, 3.8) is 0 Å². The summed E-state index contributed by atoms with van der Waals surface area (Å²) in [5.41, 5.74) is 7.73. The van der Waals surface area contributed by atoms with Crippen LogP contribution in [0.1, 0.15) is 37.6 Å². The summed E-state index contributed by atoms with van der Waals surface area (Å²) in [4.78, 5) is 11.3. The van der Waals surface area contributed by atoms with Crippen molar-refractivity contribution in [3.8, 4) is 0 Å². The van der Waals surface area contributed by atoms with E-state index in [0.29, 0.717) is 11.3 Å². The summed E-state index contributed by atoms with van der Waals surface area (Å²) in [7, 11) is 1.35. The van der Waals surface area contributed by atoms with Crippen LogP contribution in [0, 0.1) is 0 Å². The molecule has 94 valence electrons. The van der Waals surface area contributed by atoms with Crippen LogP contribution in [0.4, 0.5) is 11.4 Å². The van der Waals surface area contributed by atoms with Gasteiger partial charge in [0.05, 0.1) is 24.0 Å². The molecule has 3 N–H and O–H groups in total. The van der Waals surface area contributed by atoms with E-state index < -0.39 is 0 Å². The molecule has 0 aliphatic rings. The van der Waals surface area contributed by atoms with Crippen molar-refractivity contribution in [3.05, 3.63) is 23.8 Å². The molecule has 1 aromatic carbocycles. The highest BCUT2D eigenvalue weighted by molar-refractivity contribution is 5.91. The molecule has 0 atom stereocenters. The number of anilines is 2. The summed E-state index contributed by atoms with van der Waals surface area (Å²) in [6, 6.07) is 5.13. The zero-order valence-electron chi connectivity index (χ0n) is 10.8. The van der Waals surface area contributed by atoms with Gasteiger partial charge in [-0.3, -0.25) is 0 Å². The molecular formula is C13H20N2O2. The maximum atomic E-state index is 11.3. The SMILES string of the molecule is CCC(C)(C)Nc1ccc(C(=O)OC)cc1N. The summed E-state index contributed by atoms with van der Waals surface area (Å²) in [5, 5.41) is 3.34. The molecule has 1 aromatic rings. The van der Waals surface area contributed by atoms with Crippen LogP contribution in [0.3, 0.4) is 0 Å². The fourth-order valence-corrected chi connectivity index (χ4v) is 1.37. The fraction of sp³-hybridized carbons (Fsp3) is 0.462. The first-order valence-electron chi connectivity index (χ1n) is 5.65. The number of nitrogens with two attached hydrogens (primary N) is 1. The van der Waals surface area contributed by atoms with Crippen molar-refractivity contribution < 1.29 is 9.53 Å². The van der Waals surface area contributed by atoms with Gasteiger partial charge >= 0.3 is 5.97 Å². The monoisotopic (exact) mass is 236 g/mol. The lowest BCUT2D eigenvalue weighted by molar-refractivity contribution is 0.0601. The second-order valence-electron chi connectivity index (χ2n) is 4.66. The Bertz CT molecular complexity index is 414. The lowest BCUT2D eigenvalue weighted by Gasteiger charge is -2.26. The van der Waals surface area contributed by atoms with Crippen molar-refractivity contribution in [2.24, 2.45) is 0 Å². The number of esters is 1. The molecule has 0 aliphatic heterocycles. The van der Waals surface area contributed by atoms with Gasteiger partial charge in [0.15, 0.2) is 0 Å². The van der Waals surface area contributed by atoms with Gasteiger partial charge in [0.1, 0.15) is 0 Å². The van der Waals surface area contributed by atoms with E-state index in [4.69, 9.17) is 5.73 Å². The highest BCUT2D eigenvalue weighted by atomic mass is 16.5. The van der Waals surface area contributed by atoms with Crippen LogP contribution in [0.2, 0.25) is 0 Å². The number of hydrogen-bond donors (Lipinski definition) is 2. The number of methoxy groups -OCH3 is 1. The third-order valence-corrected chi connectivity index (χ3v) is 2.83. The molecule has 0 heterocycles. The summed E-state index contributed by atoms with van der Waals surface area (Å²) in [6.45, 7) is 6.30. The number of nitrogens with one attached hydrogen (secondary N) is 1. The maximum absolute atomic E-state index is 11.3. The predicted molar refractivity (Wildman–Crippen MR) is 70.2 cm³/mol. The molecule has 4 heteroatoms. The predicted octanol–water partition coefficient (Wildman–Crippen LogP) is 2.66. The molecule has 0 fully saturated rings. The second-order valence-corrected chi connectivity index (χ2v) is 4.66. The Kier molecular flexibility index (Phi) is 3.99. The molecule has 0 unspecified atom stereocenters. The second kappa shape index (κ2) is 5.08. The van der Waals surface area contributed by atoms with Crippen LogP contribution in [-0.2, 0) is 4.74 Å². The van der Waals surface area contributed by atoms with Gasteiger partial charge in [-0.15, -0.1) is 0 Å². The molecule has 0 radical (unpaired) electrons. The minimum Gasteiger partial charge on any atom is -0.465 e. The summed E-state index contributed by atoms with van der Waals surface area (Å²) >= 11 is 0. The molecule has 17 heavy (non-hydrogen) atoms. The Morgan fingerprint density at radius 1 is 1.47 bits per heavy atom.